The van der Waals surface area contributed by atoms with E-state index in [2.05, 4.69) is 24.7 Å². The molecule has 4 heterocycles. The number of ether oxygens (including phenoxy) is 1. The van der Waals surface area contributed by atoms with Crippen molar-refractivity contribution >= 4 is 17.0 Å². The Kier molecular flexibility index (Phi) is 4.76. The molecule has 146 valence electrons. The highest BCUT2D eigenvalue weighted by atomic mass is 17.0. The molecule has 0 unspecified atom stereocenters. The number of nitrogens with zero attached hydrogens (tertiary/aromatic N) is 6. The van der Waals surface area contributed by atoms with Gasteiger partial charge in [0, 0.05) is 13.1 Å². The first kappa shape index (κ1) is 17.8. The van der Waals surface area contributed by atoms with Gasteiger partial charge >= 0.3 is 0 Å². The summed E-state index contributed by atoms with van der Waals surface area (Å²) in [5, 5.41) is 29.8. The smallest absolute Gasteiger partial charge is 0.294 e. The van der Waals surface area contributed by atoms with Crippen LogP contribution in [-0.2, 0) is 9.57 Å². The molecule has 12 nitrogen and oxygen atoms in total. The van der Waals surface area contributed by atoms with Crippen molar-refractivity contribution in [3.8, 4) is 0 Å². The van der Waals surface area contributed by atoms with Gasteiger partial charge in [0.25, 0.3) is 5.09 Å². The maximum absolute atomic E-state index is 10.4. The maximum atomic E-state index is 10.4. The Morgan fingerprint density at radius 2 is 2.00 bits per heavy atom. The number of imidazole rings is 1. The molecule has 2 aliphatic heterocycles. The van der Waals surface area contributed by atoms with Crippen LogP contribution in [0.2, 0.25) is 0 Å². The molecular weight excluding hydrogens is 360 g/mol. The monoisotopic (exact) mass is 380 g/mol. The summed E-state index contributed by atoms with van der Waals surface area (Å²) in [6.45, 7) is 1.30. The van der Waals surface area contributed by atoms with Crippen molar-refractivity contribution in [3.63, 3.8) is 0 Å². The summed E-state index contributed by atoms with van der Waals surface area (Å²) < 4.78 is 7.10. The molecule has 2 aromatic rings. The highest BCUT2D eigenvalue weighted by Gasteiger charge is 2.44. The highest BCUT2D eigenvalue weighted by Crippen LogP contribution is 2.33. The fourth-order valence-corrected chi connectivity index (χ4v) is 3.59. The Balaban J connectivity index is 1.61. The van der Waals surface area contributed by atoms with Crippen molar-refractivity contribution in [3.05, 3.63) is 22.8 Å². The van der Waals surface area contributed by atoms with Crippen molar-refractivity contribution < 1.29 is 24.9 Å². The van der Waals surface area contributed by atoms with Crippen LogP contribution in [0.25, 0.3) is 11.2 Å². The van der Waals surface area contributed by atoms with Crippen LogP contribution in [0.3, 0.4) is 0 Å². The minimum absolute atomic E-state index is 0.456. The van der Waals surface area contributed by atoms with Crippen LogP contribution in [0.15, 0.2) is 12.7 Å². The molecule has 0 saturated carbocycles. The van der Waals surface area contributed by atoms with Gasteiger partial charge in [-0.2, -0.15) is 0 Å². The highest BCUT2D eigenvalue weighted by molar-refractivity contribution is 5.83. The van der Waals surface area contributed by atoms with Crippen molar-refractivity contribution in [2.45, 2.75) is 43.8 Å². The second kappa shape index (κ2) is 7.21. The van der Waals surface area contributed by atoms with Gasteiger partial charge < -0.3 is 24.7 Å². The fraction of sp³-hybridized carbons (Fsp3) is 0.667. The zero-order chi connectivity index (χ0) is 19.0. The SMILES string of the molecule is O=[N+]([O-])OC[C@H]1O[C@@H](n2cnc3c(N4CCCCC4)ncnc32)[C@H](O)[C@@H]1O. The van der Waals surface area contributed by atoms with E-state index in [0.29, 0.717) is 11.2 Å². The molecule has 2 fully saturated rings. The maximum Gasteiger partial charge on any atom is 0.294 e. The van der Waals surface area contributed by atoms with Crippen LogP contribution in [0.5, 0.6) is 0 Å². The van der Waals surface area contributed by atoms with Crippen LogP contribution in [0.1, 0.15) is 25.5 Å². The minimum Gasteiger partial charge on any atom is -0.387 e. The van der Waals surface area contributed by atoms with Crippen molar-refractivity contribution in [1.82, 2.24) is 19.5 Å². The molecule has 2 N–H and O–H groups in total. The number of rotatable bonds is 5. The molecule has 0 aliphatic carbocycles. The number of hydrogen-bond acceptors (Lipinski definition) is 10. The molecule has 4 atom stereocenters. The van der Waals surface area contributed by atoms with E-state index < -0.39 is 36.2 Å². The molecule has 0 spiro atoms. The Hall–Kier alpha value is -2.57. The van der Waals surface area contributed by atoms with Gasteiger partial charge in [0.05, 0.1) is 6.33 Å². The summed E-state index contributed by atoms with van der Waals surface area (Å²) >= 11 is 0. The number of piperidine rings is 1. The lowest BCUT2D eigenvalue weighted by Gasteiger charge is -2.27. The third-order valence-corrected chi connectivity index (χ3v) is 4.95. The van der Waals surface area contributed by atoms with Crippen LogP contribution in [0.4, 0.5) is 5.82 Å². The third kappa shape index (κ3) is 3.26. The molecule has 2 saturated heterocycles. The molecule has 2 aromatic heterocycles. The zero-order valence-electron chi connectivity index (χ0n) is 14.4. The molecule has 27 heavy (non-hydrogen) atoms. The summed E-state index contributed by atoms with van der Waals surface area (Å²) in [5.41, 5.74) is 1.03. The van der Waals surface area contributed by atoms with Crippen molar-refractivity contribution in [2.75, 3.05) is 24.6 Å². The average molecular weight is 380 g/mol. The van der Waals surface area contributed by atoms with Gasteiger partial charge in [0.15, 0.2) is 23.2 Å². The summed E-state index contributed by atoms with van der Waals surface area (Å²) in [6, 6.07) is 0. The van der Waals surface area contributed by atoms with Crippen molar-refractivity contribution in [2.24, 2.45) is 0 Å². The molecule has 0 amide bonds. The summed E-state index contributed by atoms with van der Waals surface area (Å²) in [7, 11) is 0. The molecular formula is C15H20N6O6. The van der Waals surface area contributed by atoms with E-state index in [9.17, 15) is 20.3 Å². The standard InChI is InChI=1S/C15H20N6O6/c22-11-9(6-26-21(24)25)27-15(12(11)23)20-8-18-10-13(16-7-17-14(10)20)19-4-2-1-3-5-19/h7-9,11-12,15,22-23H,1-6H2/t9-,11-,12-,15-/m1/s1. The topological polar surface area (TPSA) is 149 Å². The Morgan fingerprint density at radius 3 is 2.74 bits per heavy atom. The molecule has 0 bridgehead atoms. The Labute approximate surface area is 153 Å². The van der Waals surface area contributed by atoms with Crippen LogP contribution in [-0.4, -0.2) is 72.8 Å². The summed E-state index contributed by atoms with van der Waals surface area (Å²) in [5.74, 6) is 0.722. The minimum atomic E-state index is -1.34. The van der Waals surface area contributed by atoms with Gasteiger partial charge in [0.1, 0.15) is 31.2 Å². The molecule has 12 heteroatoms. The van der Waals surface area contributed by atoms with E-state index in [4.69, 9.17) is 4.74 Å². The first-order chi connectivity index (χ1) is 13.1. The van der Waals surface area contributed by atoms with Gasteiger partial charge in [-0.15, -0.1) is 10.1 Å². The van der Waals surface area contributed by atoms with Crippen LogP contribution >= 0.6 is 0 Å². The molecule has 2 aliphatic rings. The molecule has 0 aromatic carbocycles. The number of fused-ring (bicyclic) bond motifs is 1. The summed E-state index contributed by atoms with van der Waals surface area (Å²) in [4.78, 5) is 29.8. The van der Waals surface area contributed by atoms with Crippen LogP contribution in [0, 0.1) is 10.1 Å². The number of anilines is 1. The van der Waals surface area contributed by atoms with E-state index in [0.717, 1.165) is 31.7 Å². The van der Waals surface area contributed by atoms with Gasteiger partial charge in [-0.05, 0) is 19.3 Å². The number of aliphatic hydroxyl groups excluding tert-OH is 2. The quantitative estimate of drug-likeness (QED) is 0.520. The van der Waals surface area contributed by atoms with Crippen LogP contribution < -0.4 is 4.90 Å². The van der Waals surface area contributed by atoms with Crippen molar-refractivity contribution in [1.29, 1.82) is 0 Å². The Morgan fingerprint density at radius 1 is 1.22 bits per heavy atom. The number of aliphatic hydroxyl groups is 2. The number of aromatic nitrogens is 4. The lowest BCUT2D eigenvalue weighted by Crippen LogP contribution is -2.34. The fourth-order valence-electron chi connectivity index (χ4n) is 3.59. The lowest BCUT2D eigenvalue weighted by atomic mass is 10.1. The van der Waals surface area contributed by atoms with Gasteiger partial charge in [-0.3, -0.25) is 4.57 Å². The second-order valence-electron chi connectivity index (χ2n) is 6.63. The van der Waals surface area contributed by atoms with Gasteiger partial charge in [0.2, 0.25) is 0 Å². The zero-order valence-corrected chi connectivity index (χ0v) is 14.4. The predicted molar refractivity (Wildman–Crippen MR) is 90.3 cm³/mol. The third-order valence-electron chi connectivity index (χ3n) is 4.95. The van der Waals surface area contributed by atoms with Gasteiger partial charge in [-0.1, -0.05) is 0 Å². The average Bonchev–Trinajstić information content (AvgIpc) is 3.22. The predicted octanol–water partition coefficient (Wildman–Crippen LogP) is -0.356. The number of hydrogen-bond donors (Lipinski definition) is 2. The summed E-state index contributed by atoms with van der Waals surface area (Å²) in [6.07, 6.45) is 1.56. The van der Waals surface area contributed by atoms with Gasteiger partial charge in [-0.25, -0.2) is 15.0 Å². The molecule has 0 radical (unpaired) electrons. The molecule has 4 rings (SSSR count). The van der Waals surface area contributed by atoms with E-state index in [1.807, 2.05) is 0 Å². The second-order valence-corrected chi connectivity index (χ2v) is 6.63. The Bertz CT molecular complexity index is 824. The van der Waals surface area contributed by atoms with E-state index in [1.165, 1.54) is 23.6 Å². The first-order valence-electron chi connectivity index (χ1n) is 8.77. The largest absolute Gasteiger partial charge is 0.387 e. The van der Waals surface area contributed by atoms with E-state index in [-0.39, 0.29) is 0 Å². The lowest BCUT2D eigenvalue weighted by molar-refractivity contribution is -0.759. The first-order valence-corrected chi connectivity index (χ1v) is 8.77. The van der Waals surface area contributed by atoms with E-state index >= 15 is 0 Å². The van der Waals surface area contributed by atoms with E-state index in [1.54, 1.807) is 0 Å². The normalized spacial score (nSPS) is 28.6.